The Bertz CT molecular complexity index is 254. The first-order valence-electron chi connectivity index (χ1n) is 7.39. The van der Waals surface area contributed by atoms with E-state index in [1.54, 1.807) is 0 Å². The van der Waals surface area contributed by atoms with Gasteiger partial charge in [-0.1, -0.05) is 20.8 Å². The fraction of sp³-hybridized carbons (Fsp3) is 1.00. The third-order valence-corrected chi connectivity index (χ3v) is 4.69. The van der Waals surface area contributed by atoms with Crippen molar-refractivity contribution in [3.05, 3.63) is 0 Å². The average Bonchev–Trinajstić information content (AvgIpc) is 2.85. The summed E-state index contributed by atoms with van der Waals surface area (Å²) in [7, 11) is 0. The van der Waals surface area contributed by atoms with Gasteiger partial charge in [0, 0.05) is 31.2 Å². The molecule has 0 amide bonds. The zero-order chi connectivity index (χ0) is 12.6. The molecule has 2 nitrogen and oxygen atoms in total. The summed E-state index contributed by atoms with van der Waals surface area (Å²) in [5.74, 6) is 0. The predicted molar refractivity (Wildman–Crippen MR) is 74.3 cm³/mol. The molecule has 2 saturated heterocycles. The van der Waals surface area contributed by atoms with E-state index in [1.807, 2.05) is 0 Å². The highest BCUT2D eigenvalue weighted by molar-refractivity contribution is 4.95. The minimum atomic E-state index is 0.446. The first kappa shape index (κ1) is 13.4. The smallest absolute Gasteiger partial charge is 0.0238 e. The predicted octanol–water partition coefficient (Wildman–Crippen LogP) is 2.98. The molecule has 2 heterocycles. The molecule has 0 aromatic carbocycles. The van der Waals surface area contributed by atoms with E-state index in [0.29, 0.717) is 5.41 Å². The summed E-state index contributed by atoms with van der Waals surface area (Å²) in [6.07, 6.45) is 4.19. The van der Waals surface area contributed by atoms with Crippen LogP contribution in [0.25, 0.3) is 0 Å². The van der Waals surface area contributed by atoms with Gasteiger partial charge in [0.1, 0.15) is 0 Å². The van der Waals surface area contributed by atoms with E-state index in [4.69, 9.17) is 0 Å². The Kier molecular flexibility index (Phi) is 3.84. The summed E-state index contributed by atoms with van der Waals surface area (Å²) in [6.45, 7) is 15.8. The van der Waals surface area contributed by atoms with Crippen LogP contribution < -0.4 is 0 Å². The topological polar surface area (TPSA) is 6.48 Å². The van der Waals surface area contributed by atoms with Gasteiger partial charge >= 0.3 is 0 Å². The van der Waals surface area contributed by atoms with Gasteiger partial charge in [-0.2, -0.15) is 0 Å². The highest BCUT2D eigenvalue weighted by Gasteiger charge is 2.40. The van der Waals surface area contributed by atoms with Gasteiger partial charge in [-0.3, -0.25) is 9.80 Å². The lowest BCUT2D eigenvalue weighted by molar-refractivity contribution is 0.0963. The summed E-state index contributed by atoms with van der Waals surface area (Å²) < 4.78 is 0. The Morgan fingerprint density at radius 2 is 1.76 bits per heavy atom. The molecule has 0 N–H and O–H groups in total. The first-order chi connectivity index (χ1) is 7.89. The molecule has 2 atom stereocenters. The summed E-state index contributed by atoms with van der Waals surface area (Å²) >= 11 is 0. The van der Waals surface area contributed by atoms with Crippen molar-refractivity contribution in [3.63, 3.8) is 0 Å². The quantitative estimate of drug-likeness (QED) is 0.730. The minimum absolute atomic E-state index is 0.446. The molecule has 0 aromatic heterocycles. The minimum Gasteiger partial charge on any atom is -0.299 e. The van der Waals surface area contributed by atoms with Crippen molar-refractivity contribution in [2.75, 3.05) is 19.6 Å². The van der Waals surface area contributed by atoms with Gasteiger partial charge in [0.15, 0.2) is 0 Å². The number of nitrogens with zero attached hydrogens (tertiary/aromatic N) is 2. The number of rotatable bonds is 2. The van der Waals surface area contributed by atoms with Gasteiger partial charge in [0.25, 0.3) is 0 Å². The van der Waals surface area contributed by atoms with Gasteiger partial charge < -0.3 is 0 Å². The lowest BCUT2D eigenvalue weighted by atomic mass is 9.84. The van der Waals surface area contributed by atoms with E-state index in [1.165, 1.54) is 38.9 Å². The second-order valence-corrected chi connectivity index (χ2v) is 7.29. The maximum atomic E-state index is 2.82. The van der Waals surface area contributed by atoms with Gasteiger partial charge in [-0.15, -0.1) is 0 Å². The van der Waals surface area contributed by atoms with E-state index in [9.17, 15) is 0 Å². The van der Waals surface area contributed by atoms with E-state index in [2.05, 4.69) is 44.4 Å². The van der Waals surface area contributed by atoms with Crippen LogP contribution in [0.2, 0.25) is 0 Å². The molecule has 1 unspecified atom stereocenters. The maximum absolute atomic E-state index is 2.82. The number of likely N-dealkylation sites (tertiary alicyclic amines) is 2. The molecular weight excluding hydrogens is 208 g/mol. The molecule has 0 aromatic rings. The molecule has 2 aliphatic rings. The van der Waals surface area contributed by atoms with Crippen molar-refractivity contribution >= 4 is 0 Å². The SMILES string of the molecule is CC(C)N1CCC(N2CCC[C@@H]2C(C)(C)C)C1. The van der Waals surface area contributed by atoms with Gasteiger partial charge in [-0.25, -0.2) is 0 Å². The summed E-state index contributed by atoms with van der Waals surface area (Å²) in [5.41, 5.74) is 0.446. The van der Waals surface area contributed by atoms with E-state index < -0.39 is 0 Å². The van der Waals surface area contributed by atoms with Crippen LogP contribution in [0, 0.1) is 5.41 Å². The maximum Gasteiger partial charge on any atom is 0.0238 e. The zero-order valence-corrected chi connectivity index (χ0v) is 12.4. The molecule has 2 aliphatic heterocycles. The zero-order valence-electron chi connectivity index (χ0n) is 12.4. The first-order valence-corrected chi connectivity index (χ1v) is 7.39. The van der Waals surface area contributed by atoms with Crippen molar-refractivity contribution in [2.24, 2.45) is 5.41 Å². The van der Waals surface area contributed by atoms with E-state index in [-0.39, 0.29) is 0 Å². The molecule has 0 radical (unpaired) electrons. The molecule has 17 heavy (non-hydrogen) atoms. The average molecular weight is 238 g/mol. The van der Waals surface area contributed by atoms with Gasteiger partial charge in [0.05, 0.1) is 0 Å². The van der Waals surface area contributed by atoms with Crippen molar-refractivity contribution in [1.82, 2.24) is 9.80 Å². The summed E-state index contributed by atoms with van der Waals surface area (Å²) in [5, 5.41) is 0. The summed E-state index contributed by atoms with van der Waals surface area (Å²) in [4.78, 5) is 5.46. The molecule has 2 fully saturated rings. The van der Waals surface area contributed by atoms with Crippen LogP contribution in [0.5, 0.6) is 0 Å². The Morgan fingerprint density at radius 1 is 1.06 bits per heavy atom. The molecule has 0 bridgehead atoms. The molecule has 100 valence electrons. The van der Waals surface area contributed by atoms with E-state index in [0.717, 1.165) is 18.1 Å². The molecule has 2 rings (SSSR count). The van der Waals surface area contributed by atoms with Crippen molar-refractivity contribution in [1.29, 1.82) is 0 Å². The van der Waals surface area contributed by atoms with Crippen LogP contribution in [-0.4, -0.2) is 47.6 Å². The van der Waals surface area contributed by atoms with Crippen LogP contribution in [0.3, 0.4) is 0 Å². The molecular formula is C15H30N2. The molecule has 0 aliphatic carbocycles. The molecule has 2 heteroatoms. The number of hydrogen-bond acceptors (Lipinski definition) is 2. The standard InChI is InChI=1S/C15H30N2/c1-12(2)16-10-8-13(11-16)17-9-6-7-14(17)15(3,4)5/h12-14H,6-11H2,1-5H3/t13?,14-/m1/s1. The third kappa shape index (κ3) is 2.85. The van der Waals surface area contributed by atoms with Gasteiger partial charge in [-0.05, 0) is 45.1 Å². The Labute approximate surface area is 107 Å². The van der Waals surface area contributed by atoms with Crippen LogP contribution in [0.4, 0.5) is 0 Å². The fourth-order valence-electron chi connectivity index (χ4n) is 3.66. The largest absolute Gasteiger partial charge is 0.299 e. The lowest BCUT2D eigenvalue weighted by Crippen LogP contribution is -2.46. The van der Waals surface area contributed by atoms with Gasteiger partial charge in [0.2, 0.25) is 0 Å². The van der Waals surface area contributed by atoms with Crippen LogP contribution in [0.1, 0.15) is 53.9 Å². The molecule has 0 saturated carbocycles. The van der Waals surface area contributed by atoms with Crippen LogP contribution >= 0.6 is 0 Å². The highest BCUT2D eigenvalue weighted by atomic mass is 15.3. The van der Waals surface area contributed by atoms with Crippen LogP contribution in [0.15, 0.2) is 0 Å². The van der Waals surface area contributed by atoms with Crippen molar-refractivity contribution < 1.29 is 0 Å². The van der Waals surface area contributed by atoms with Crippen molar-refractivity contribution in [2.45, 2.75) is 72.0 Å². The normalized spacial score (nSPS) is 32.8. The van der Waals surface area contributed by atoms with Crippen molar-refractivity contribution in [3.8, 4) is 0 Å². The second kappa shape index (κ2) is 4.89. The third-order valence-electron chi connectivity index (χ3n) is 4.69. The highest BCUT2D eigenvalue weighted by Crippen LogP contribution is 2.36. The lowest BCUT2D eigenvalue weighted by Gasteiger charge is -2.38. The molecule has 0 spiro atoms. The Hall–Kier alpha value is -0.0800. The monoisotopic (exact) mass is 238 g/mol. The second-order valence-electron chi connectivity index (χ2n) is 7.29. The summed E-state index contributed by atoms with van der Waals surface area (Å²) in [6, 6.07) is 2.35. The van der Waals surface area contributed by atoms with E-state index >= 15 is 0 Å². The number of hydrogen-bond donors (Lipinski definition) is 0. The Morgan fingerprint density at radius 3 is 2.29 bits per heavy atom. The van der Waals surface area contributed by atoms with Crippen LogP contribution in [-0.2, 0) is 0 Å². The fourth-order valence-corrected chi connectivity index (χ4v) is 3.66. The Balaban J connectivity index is 1.99.